The van der Waals surface area contributed by atoms with E-state index in [0.29, 0.717) is 0 Å². The molecule has 3 unspecified atom stereocenters. The number of nitrogens with one attached hydrogen (secondary N) is 1. The third-order valence-corrected chi connectivity index (χ3v) is 5.80. The van der Waals surface area contributed by atoms with Crippen LogP contribution in [0.25, 0.3) is 0 Å². The van der Waals surface area contributed by atoms with Crippen LogP contribution in [0.1, 0.15) is 44.1 Å². The van der Waals surface area contributed by atoms with E-state index in [1.807, 2.05) is 11.8 Å². The fourth-order valence-electron chi connectivity index (χ4n) is 3.41. The maximum Gasteiger partial charge on any atom is 0.0107 e. The largest absolute Gasteiger partial charge is 0.314 e. The number of rotatable bonds is 3. The molecule has 0 spiro atoms. The van der Waals surface area contributed by atoms with E-state index in [9.17, 15) is 0 Å². The summed E-state index contributed by atoms with van der Waals surface area (Å²) in [4.78, 5) is 1.52. The van der Waals surface area contributed by atoms with Crippen molar-refractivity contribution in [2.75, 3.05) is 12.3 Å². The molecule has 2 aliphatic rings. The van der Waals surface area contributed by atoms with E-state index < -0.39 is 0 Å². The molecule has 98 valence electrons. The average molecular weight is 261 g/mol. The highest BCUT2D eigenvalue weighted by molar-refractivity contribution is 7.99. The normalized spacial score (nSPS) is 31.3. The molecule has 3 atom stereocenters. The topological polar surface area (TPSA) is 12.0 Å². The smallest absolute Gasteiger partial charge is 0.0107 e. The van der Waals surface area contributed by atoms with Crippen molar-refractivity contribution in [1.82, 2.24) is 5.32 Å². The molecule has 0 saturated carbocycles. The van der Waals surface area contributed by atoms with Gasteiger partial charge in [0.05, 0.1) is 0 Å². The fourth-order valence-corrected chi connectivity index (χ4v) is 4.69. The van der Waals surface area contributed by atoms with Crippen LogP contribution in [0.4, 0.5) is 0 Å². The van der Waals surface area contributed by atoms with Gasteiger partial charge in [0.25, 0.3) is 0 Å². The molecular formula is C16H23NS. The fraction of sp³-hybridized carbons (Fsp3) is 0.625. The van der Waals surface area contributed by atoms with Gasteiger partial charge in [-0.3, -0.25) is 0 Å². The van der Waals surface area contributed by atoms with E-state index in [-0.39, 0.29) is 0 Å². The summed E-state index contributed by atoms with van der Waals surface area (Å²) < 4.78 is 0. The molecule has 1 aromatic rings. The molecule has 1 nitrogen and oxygen atoms in total. The summed E-state index contributed by atoms with van der Waals surface area (Å²) in [7, 11) is 0. The van der Waals surface area contributed by atoms with Gasteiger partial charge in [0.1, 0.15) is 0 Å². The van der Waals surface area contributed by atoms with E-state index in [1.54, 1.807) is 5.56 Å². The molecule has 0 amide bonds. The Morgan fingerprint density at radius 1 is 1.33 bits per heavy atom. The van der Waals surface area contributed by atoms with Gasteiger partial charge in [0, 0.05) is 16.7 Å². The summed E-state index contributed by atoms with van der Waals surface area (Å²) in [5.74, 6) is 3.02. The molecule has 2 heterocycles. The van der Waals surface area contributed by atoms with Crippen molar-refractivity contribution in [2.45, 2.75) is 49.5 Å². The van der Waals surface area contributed by atoms with E-state index >= 15 is 0 Å². The maximum atomic E-state index is 3.73. The Hall–Kier alpha value is -0.470. The highest BCUT2D eigenvalue weighted by Gasteiger charge is 2.28. The maximum absolute atomic E-state index is 3.73. The molecule has 3 rings (SSSR count). The van der Waals surface area contributed by atoms with Crippen molar-refractivity contribution in [1.29, 1.82) is 0 Å². The Morgan fingerprint density at radius 2 is 2.22 bits per heavy atom. The van der Waals surface area contributed by atoms with Crippen molar-refractivity contribution in [3.8, 4) is 0 Å². The molecule has 2 heteroatoms. The zero-order valence-electron chi connectivity index (χ0n) is 11.2. The van der Waals surface area contributed by atoms with Crippen LogP contribution in [0.2, 0.25) is 0 Å². The Morgan fingerprint density at radius 3 is 3.11 bits per heavy atom. The van der Waals surface area contributed by atoms with E-state index in [2.05, 4.69) is 36.5 Å². The summed E-state index contributed by atoms with van der Waals surface area (Å²) in [6, 6.07) is 9.73. The number of fused-ring (bicyclic) bond motifs is 1. The third kappa shape index (κ3) is 2.60. The second kappa shape index (κ2) is 5.66. The van der Waals surface area contributed by atoms with Crippen LogP contribution in [0.5, 0.6) is 0 Å². The summed E-state index contributed by atoms with van der Waals surface area (Å²) >= 11 is 2.04. The zero-order valence-corrected chi connectivity index (χ0v) is 12.0. The van der Waals surface area contributed by atoms with Crippen LogP contribution in [-0.2, 0) is 0 Å². The molecule has 0 radical (unpaired) electrons. The van der Waals surface area contributed by atoms with Crippen molar-refractivity contribution in [3.63, 3.8) is 0 Å². The van der Waals surface area contributed by atoms with Crippen LogP contribution in [0.3, 0.4) is 0 Å². The predicted octanol–water partition coefficient (Wildman–Crippen LogP) is 4.04. The zero-order chi connectivity index (χ0) is 12.4. The summed E-state index contributed by atoms with van der Waals surface area (Å²) in [6.45, 7) is 3.57. The van der Waals surface area contributed by atoms with Crippen molar-refractivity contribution in [3.05, 3.63) is 29.8 Å². The van der Waals surface area contributed by atoms with Crippen LogP contribution in [0, 0.1) is 5.92 Å². The second-order valence-corrected chi connectivity index (χ2v) is 6.79. The Balaban J connectivity index is 1.64. The van der Waals surface area contributed by atoms with Crippen molar-refractivity contribution in [2.24, 2.45) is 5.92 Å². The molecule has 1 N–H and O–H groups in total. The van der Waals surface area contributed by atoms with Gasteiger partial charge in [-0.05, 0) is 49.3 Å². The minimum atomic E-state index is 0.750. The molecule has 2 aliphatic heterocycles. The van der Waals surface area contributed by atoms with Crippen molar-refractivity contribution >= 4 is 11.8 Å². The van der Waals surface area contributed by atoms with Crippen LogP contribution in [0.15, 0.2) is 29.2 Å². The number of piperidine rings is 1. The lowest BCUT2D eigenvalue weighted by atomic mass is 9.85. The van der Waals surface area contributed by atoms with Gasteiger partial charge >= 0.3 is 0 Å². The van der Waals surface area contributed by atoms with Crippen LogP contribution >= 0.6 is 11.8 Å². The van der Waals surface area contributed by atoms with Crippen LogP contribution in [-0.4, -0.2) is 18.3 Å². The van der Waals surface area contributed by atoms with Gasteiger partial charge in [-0.2, -0.15) is 0 Å². The number of benzene rings is 1. The van der Waals surface area contributed by atoms with Crippen molar-refractivity contribution < 1.29 is 0 Å². The highest BCUT2D eigenvalue weighted by atomic mass is 32.2. The monoisotopic (exact) mass is 261 g/mol. The Kier molecular flexibility index (Phi) is 3.95. The molecule has 1 saturated heterocycles. The van der Waals surface area contributed by atoms with Gasteiger partial charge in [-0.25, -0.2) is 0 Å². The third-order valence-electron chi connectivity index (χ3n) is 4.55. The number of hydrogen-bond donors (Lipinski definition) is 1. The van der Waals surface area contributed by atoms with Gasteiger partial charge in [0.2, 0.25) is 0 Å². The highest BCUT2D eigenvalue weighted by Crippen LogP contribution is 2.42. The lowest BCUT2D eigenvalue weighted by Gasteiger charge is -2.31. The van der Waals surface area contributed by atoms with Gasteiger partial charge in [0.15, 0.2) is 0 Å². The SMILES string of the molecule is CCC1CCNC(CC2CSc3ccccc32)C1. The second-order valence-electron chi connectivity index (χ2n) is 5.73. The first-order valence-corrected chi connectivity index (χ1v) is 8.30. The molecule has 18 heavy (non-hydrogen) atoms. The molecule has 1 aromatic carbocycles. The van der Waals surface area contributed by atoms with E-state index in [4.69, 9.17) is 0 Å². The van der Waals surface area contributed by atoms with Crippen LogP contribution < -0.4 is 5.32 Å². The Labute approximate surface area is 115 Å². The first-order valence-electron chi connectivity index (χ1n) is 7.32. The summed E-state index contributed by atoms with van der Waals surface area (Å²) in [6.07, 6.45) is 5.46. The Bertz CT molecular complexity index is 404. The molecule has 0 aromatic heterocycles. The average Bonchev–Trinajstić information content (AvgIpc) is 2.83. The molecule has 0 aliphatic carbocycles. The predicted molar refractivity (Wildman–Crippen MR) is 79.3 cm³/mol. The number of thioether (sulfide) groups is 1. The minimum Gasteiger partial charge on any atom is -0.314 e. The first-order chi connectivity index (χ1) is 8.86. The summed E-state index contributed by atoms with van der Waals surface area (Å²) in [5, 5.41) is 3.73. The molecular weight excluding hydrogens is 238 g/mol. The molecule has 0 bridgehead atoms. The van der Waals surface area contributed by atoms with E-state index in [0.717, 1.165) is 17.9 Å². The van der Waals surface area contributed by atoms with Gasteiger partial charge in [-0.15, -0.1) is 11.8 Å². The molecule has 1 fully saturated rings. The van der Waals surface area contributed by atoms with Gasteiger partial charge in [-0.1, -0.05) is 31.5 Å². The van der Waals surface area contributed by atoms with E-state index in [1.165, 1.54) is 42.9 Å². The summed E-state index contributed by atoms with van der Waals surface area (Å²) in [5.41, 5.74) is 1.60. The number of hydrogen-bond acceptors (Lipinski definition) is 2. The van der Waals surface area contributed by atoms with Gasteiger partial charge < -0.3 is 5.32 Å². The standard InChI is InChI=1S/C16H23NS/c1-2-12-7-8-17-14(9-12)10-13-11-18-16-6-4-3-5-15(13)16/h3-6,12-14,17H,2,7-11H2,1H3. The lowest BCUT2D eigenvalue weighted by molar-refractivity contribution is 0.278. The quantitative estimate of drug-likeness (QED) is 0.881. The minimum absolute atomic E-state index is 0.750. The lowest BCUT2D eigenvalue weighted by Crippen LogP contribution is -2.38. The first kappa shape index (κ1) is 12.6.